The van der Waals surface area contributed by atoms with Gasteiger partial charge in [-0.3, -0.25) is 14.6 Å². The van der Waals surface area contributed by atoms with Crippen molar-refractivity contribution in [2.75, 3.05) is 26.2 Å². The average molecular weight is 394 g/mol. The van der Waals surface area contributed by atoms with E-state index in [4.69, 9.17) is 0 Å². The molecule has 1 aromatic heterocycles. The predicted molar refractivity (Wildman–Crippen MR) is 111 cm³/mol. The Hall–Kier alpha value is -2.99. The number of hydrogen-bond donors (Lipinski definition) is 2. The number of amides is 1. The number of likely N-dealkylation sites (N-methyl/N-ethyl adjacent to an activating group) is 1. The number of carbonyl (C=O) groups is 2. The molecule has 2 heterocycles. The Morgan fingerprint density at radius 3 is 2.28 bits per heavy atom. The van der Waals surface area contributed by atoms with Gasteiger partial charge in [0.05, 0.1) is 37.8 Å². The summed E-state index contributed by atoms with van der Waals surface area (Å²) in [6.45, 7) is 9.24. The number of aromatic nitrogens is 1. The fourth-order valence-electron chi connectivity index (χ4n) is 3.75. The molecule has 6 nitrogen and oxygen atoms in total. The molecule has 1 amide bonds. The van der Waals surface area contributed by atoms with Gasteiger partial charge in [-0.25, -0.2) is 0 Å². The molecule has 2 N–H and O–H groups in total. The first-order valence-electron chi connectivity index (χ1n) is 10.1. The Balaban J connectivity index is 2.06. The number of carbonyl (C=O) groups excluding carboxylic acids is 2. The zero-order chi connectivity index (χ0) is 21.0. The van der Waals surface area contributed by atoms with E-state index in [1.165, 1.54) is 4.90 Å². The topological polar surface area (TPSA) is 74.9 Å². The molecule has 1 aliphatic heterocycles. The van der Waals surface area contributed by atoms with Crippen molar-refractivity contribution in [2.24, 2.45) is 0 Å². The van der Waals surface area contributed by atoms with Crippen LogP contribution in [0.25, 0.3) is 5.76 Å². The van der Waals surface area contributed by atoms with E-state index >= 15 is 0 Å². The summed E-state index contributed by atoms with van der Waals surface area (Å²) < 4.78 is 0. The van der Waals surface area contributed by atoms with Gasteiger partial charge >= 0.3 is 0 Å². The molecule has 0 saturated carbocycles. The molecule has 3 rings (SSSR count). The molecule has 1 fully saturated rings. The van der Waals surface area contributed by atoms with Crippen molar-refractivity contribution in [3.63, 3.8) is 0 Å². The number of ketones is 1. The second-order valence-corrected chi connectivity index (χ2v) is 7.35. The highest BCUT2D eigenvalue weighted by atomic mass is 16.3. The fraction of sp³-hybridized carbons (Fsp3) is 0.348. The SMILES string of the molecule is CC[NH+](CC)CCN1C(=O)C(=O)/C(=C(/O)c2ccc(C)cc2)[C@H]1c1ccncc1. The van der Waals surface area contributed by atoms with Gasteiger partial charge in [-0.15, -0.1) is 0 Å². The Morgan fingerprint density at radius 2 is 1.69 bits per heavy atom. The normalized spacial score (nSPS) is 18.6. The molecule has 1 saturated heterocycles. The van der Waals surface area contributed by atoms with Crippen LogP contribution in [0.4, 0.5) is 0 Å². The molecular weight excluding hydrogens is 366 g/mol. The number of quaternary nitrogens is 1. The van der Waals surface area contributed by atoms with E-state index in [1.54, 1.807) is 41.6 Å². The third kappa shape index (κ3) is 4.22. The van der Waals surface area contributed by atoms with Crippen molar-refractivity contribution >= 4 is 17.4 Å². The highest BCUT2D eigenvalue weighted by Crippen LogP contribution is 2.38. The smallest absolute Gasteiger partial charge is 0.295 e. The lowest BCUT2D eigenvalue weighted by molar-refractivity contribution is -0.895. The third-order valence-corrected chi connectivity index (χ3v) is 5.59. The molecule has 0 unspecified atom stereocenters. The number of Topliss-reactive ketones (excluding diaryl/α,β-unsaturated/α-hetero) is 1. The number of aliphatic hydroxyl groups is 1. The summed E-state index contributed by atoms with van der Waals surface area (Å²) in [4.78, 5) is 32.8. The number of nitrogens with one attached hydrogen (secondary N) is 1. The van der Waals surface area contributed by atoms with Crippen molar-refractivity contribution in [3.05, 3.63) is 71.1 Å². The summed E-state index contributed by atoms with van der Waals surface area (Å²) in [6.07, 6.45) is 3.27. The van der Waals surface area contributed by atoms with Crippen molar-refractivity contribution in [3.8, 4) is 0 Å². The van der Waals surface area contributed by atoms with E-state index in [-0.39, 0.29) is 11.3 Å². The summed E-state index contributed by atoms with van der Waals surface area (Å²) in [5.41, 5.74) is 2.49. The fourth-order valence-corrected chi connectivity index (χ4v) is 3.75. The number of pyridine rings is 1. The van der Waals surface area contributed by atoms with Crippen molar-refractivity contribution in [1.82, 2.24) is 9.88 Å². The molecule has 0 bridgehead atoms. The van der Waals surface area contributed by atoms with Gasteiger partial charge in [0.2, 0.25) is 0 Å². The average Bonchev–Trinajstić information content (AvgIpc) is 3.00. The number of hydrogen-bond acceptors (Lipinski definition) is 4. The van der Waals surface area contributed by atoms with E-state index in [0.717, 1.165) is 30.8 Å². The molecule has 1 aliphatic rings. The molecule has 2 aromatic rings. The lowest BCUT2D eigenvalue weighted by atomic mass is 9.95. The second kappa shape index (κ2) is 9.01. The third-order valence-electron chi connectivity index (χ3n) is 5.59. The van der Waals surface area contributed by atoms with Gasteiger partial charge in [0.15, 0.2) is 0 Å². The van der Waals surface area contributed by atoms with Crippen molar-refractivity contribution < 1.29 is 19.6 Å². The number of aliphatic hydroxyl groups excluding tert-OH is 1. The first-order valence-corrected chi connectivity index (χ1v) is 10.1. The minimum atomic E-state index is -0.639. The van der Waals surface area contributed by atoms with Gasteiger partial charge in [0.25, 0.3) is 11.7 Å². The number of likely N-dealkylation sites (tertiary alicyclic amines) is 1. The molecule has 0 aliphatic carbocycles. The van der Waals surface area contributed by atoms with Crippen LogP contribution in [0, 0.1) is 6.92 Å². The molecular formula is C23H28N3O3+. The quantitative estimate of drug-likeness (QED) is 0.426. The van der Waals surface area contributed by atoms with E-state index in [1.807, 2.05) is 19.1 Å². The van der Waals surface area contributed by atoms with Gasteiger partial charge in [0.1, 0.15) is 5.76 Å². The maximum absolute atomic E-state index is 12.9. The van der Waals surface area contributed by atoms with Crippen LogP contribution >= 0.6 is 0 Å². The zero-order valence-electron chi connectivity index (χ0n) is 17.2. The lowest BCUT2D eigenvalue weighted by Crippen LogP contribution is -3.12. The van der Waals surface area contributed by atoms with E-state index in [2.05, 4.69) is 18.8 Å². The van der Waals surface area contributed by atoms with Crippen LogP contribution in [-0.4, -0.2) is 52.9 Å². The number of nitrogens with zero attached hydrogens (tertiary/aromatic N) is 2. The first kappa shape index (κ1) is 20.7. The van der Waals surface area contributed by atoms with Crippen LogP contribution in [0.5, 0.6) is 0 Å². The van der Waals surface area contributed by atoms with Crippen molar-refractivity contribution in [1.29, 1.82) is 0 Å². The first-order chi connectivity index (χ1) is 14.0. The lowest BCUT2D eigenvalue weighted by Gasteiger charge is -2.26. The Bertz CT molecular complexity index is 903. The summed E-state index contributed by atoms with van der Waals surface area (Å²) in [6, 6.07) is 10.2. The van der Waals surface area contributed by atoms with E-state index < -0.39 is 17.7 Å². The molecule has 6 heteroatoms. The van der Waals surface area contributed by atoms with Crippen LogP contribution in [-0.2, 0) is 9.59 Å². The highest BCUT2D eigenvalue weighted by Gasteiger charge is 2.46. The highest BCUT2D eigenvalue weighted by molar-refractivity contribution is 6.46. The Morgan fingerprint density at radius 1 is 1.07 bits per heavy atom. The van der Waals surface area contributed by atoms with Gasteiger partial charge in [0, 0.05) is 18.0 Å². The molecule has 1 atom stereocenters. The number of aryl methyl sites for hydroxylation is 1. The molecule has 152 valence electrons. The van der Waals surface area contributed by atoms with Gasteiger partial charge in [-0.2, -0.15) is 0 Å². The Kier molecular flexibility index (Phi) is 6.44. The van der Waals surface area contributed by atoms with Crippen molar-refractivity contribution in [2.45, 2.75) is 26.8 Å². The van der Waals surface area contributed by atoms with Gasteiger partial charge in [-0.05, 0) is 38.5 Å². The van der Waals surface area contributed by atoms with Crippen LogP contribution in [0.15, 0.2) is 54.4 Å². The number of rotatable bonds is 7. The van der Waals surface area contributed by atoms with Crippen LogP contribution in [0.2, 0.25) is 0 Å². The summed E-state index contributed by atoms with van der Waals surface area (Å²) in [7, 11) is 0. The van der Waals surface area contributed by atoms with Gasteiger partial charge in [-0.1, -0.05) is 29.8 Å². The summed E-state index contributed by atoms with van der Waals surface area (Å²) >= 11 is 0. The molecule has 0 radical (unpaired) electrons. The molecule has 29 heavy (non-hydrogen) atoms. The molecule has 1 aromatic carbocycles. The maximum Gasteiger partial charge on any atom is 0.295 e. The predicted octanol–water partition coefficient (Wildman–Crippen LogP) is 1.74. The number of benzene rings is 1. The second-order valence-electron chi connectivity index (χ2n) is 7.35. The van der Waals surface area contributed by atoms with E-state index in [0.29, 0.717) is 12.1 Å². The van der Waals surface area contributed by atoms with Gasteiger partial charge < -0.3 is 14.9 Å². The maximum atomic E-state index is 12.9. The minimum Gasteiger partial charge on any atom is -0.507 e. The van der Waals surface area contributed by atoms with Crippen LogP contribution < -0.4 is 4.90 Å². The zero-order valence-corrected chi connectivity index (χ0v) is 17.2. The van der Waals surface area contributed by atoms with E-state index in [9.17, 15) is 14.7 Å². The van der Waals surface area contributed by atoms with Crippen LogP contribution in [0.1, 0.15) is 36.6 Å². The largest absolute Gasteiger partial charge is 0.507 e. The Labute approximate surface area is 171 Å². The molecule has 0 spiro atoms. The summed E-state index contributed by atoms with van der Waals surface area (Å²) in [5, 5.41) is 11.0. The standard InChI is InChI=1S/C23H27N3O3/c1-4-25(5-2)14-15-26-20(17-10-12-24-13-11-17)19(22(28)23(26)29)21(27)18-8-6-16(3)7-9-18/h6-13,20,27H,4-5,14-15H2,1-3H3/p+1/b21-19+/t20-/m1/s1. The summed E-state index contributed by atoms with van der Waals surface area (Å²) in [5.74, 6) is -1.34. The minimum absolute atomic E-state index is 0.136. The van der Waals surface area contributed by atoms with Crippen LogP contribution in [0.3, 0.4) is 0 Å². The monoisotopic (exact) mass is 394 g/mol.